The van der Waals surface area contributed by atoms with Gasteiger partial charge in [-0.25, -0.2) is 9.07 Å². The van der Waals surface area contributed by atoms with E-state index in [4.69, 9.17) is 0 Å². The molecule has 1 aromatic heterocycles. The number of hydrogen-bond donors (Lipinski definition) is 0. The summed E-state index contributed by atoms with van der Waals surface area (Å²) in [5.41, 5.74) is 0.387. The molecule has 0 atom stereocenters. The van der Waals surface area contributed by atoms with Crippen LogP contribution in [-0.4, -0.2) is 15.7 Å². The average Bonchev–Trinajstić information content (AvgIpc) is 2.74. The second-order valence-corrected chi connectivity index (χ2v) is 3.11. The number of carbonyl (C=O) groups excluding carboxylic acids is 1. The molecule has 0 aliphatic heterocycles. The van der Waals surface area contributed by atoms with Gasteiger partial charge in [0.1, 0.15) is 5.82 Å². The Kier molecular flexibility index (Phi) is 2.58. The monoisotopic (exact) mass is 204 g/mol. The van der Waals surface area contributed by atoms with E-state index >= 15 is 0 Å². The standard InChI is InChI=1S/C11H9FN2O/c12-10-5-2-1-4-9(10)8-11(15)14-7-3-6-13-14/h1-7H,8H2. The van der Waals surface area contributed by atoms with Gasteiger partial charge in [0.05, 0.1) is 6.42 Å². The average molecular weight is 204 g/mol. The molecule has 3 nitrogen and oxygen atoms in total. The first-order valence-electron chi connectivity index (χ1n) is 4.53. The first kappa shape index (κ1) is 9.58. The molecule has 1 aromatic carbocycles. The van der Waals surface area contributed by atoms with Crippen molar-refractivity contribution in [1.29, 1.82) is 0 Å². The van der Waals surface area contributed by atoms with Crippen molar-refractivity contribution in [2.45, 2.75) is 6.42 Å². The molecule has 4 heteroatoms. The molecule has 0 saturated carbocycles. The molecule has 0 unspecified atom stereocenters. The van der Waals surface area contributed by atoms with Crippen molar-refractivity contribution in [2.24, 2.45) is 0 Å². The van der Waals surface area contributed by atoms with Crippen LogP contribution < -0.4 is 0 Å². The molecule has 0 radical (unpaired) electrons. The molecule has 0 N–H and O–H groups in total. The van der Waals surface area contributed by atoms with Crippen LogP contribution in [0.1, 0.15) is 10.4 Å². The molecular formula is C11H9FN2O. The number of nitrogens with zero attached hydrogens (tertiary/aromatic N) is 2. The minimum atomic E-state index is -0.363. The normalized spacial score (nSPS) is 10.2. The van der Waals surface area contributed by atoms with E-state index in [0.717, 1.165) is 0 Å². The number of benzene rings is 1. The van der Waals surface area contributed by atoms with Crippen LogP contribution in [0.5, 0.6) is 0 Å². The van der Waals surface area contributed by atoms with Crippen LogP contribution >= 0.6 is 0 Å². The first-order chi connectivity index (χ1) is 7.27. The Hall–Kier alpha value is -1.97. The summed E-state index contributed by atoms with van der Waals surface area (Å²) in [7, 11) is 0. The molecule has 0 amide bonds. The molecule has 76 valence electrons. The van der Waals surface area contributed by atoms with Crippen molar-refractivity contribution in [3.63, 3.8) is 0 Å². The molecule has 0 saturated heterocycles. The Morgan fingerprint density at radius 2 is 2.13 bits per heavy atom. The maximum atomic E-state index is 13.2. The first-order valence-corrected chi connectivity index (χ1v) is 4.53. The lowest BCUT2D eigenvalue weighted by atomic mass is 10.1. The van der Waals surface area contributed by atoms with Gasteiger partial charge in [-0.05, 0) is 17.7 Å². The summed E-state index contributed by atoms with van der Waals surface area (Å²) in [5.74, 6) is -0.608. The highest BCUT2D eigenvalue weighted by atomic mass is 19.1. The highest BCUT2D eigenvalue weighted by Gasteiger charge is 2.09. The van der Waals surface area contributed by atoms with Crippen molar-refractivity contribution >= 4 is 5.91 Å². The molecular weight excluding hydrogens is 195 g/mol. The van der Waals surface area contributed by atoms with E-state index in [-0.39, 0.29) is 18.1 Å². The van der Waals surface area contributed by atoms with E-state index in [9.17, 15) is 9.18 Å². The summed E-state index contributed by atoms with van der Waals surface area (Å²) < 4.78 is 14.4. The fourth-order valence-corrected chi connectivity index (χ4v) is 1.30. The maximum absolute atomic E-state index is 13.2. The maximum Gasteiger partial charge on any atom is 0.251 e. The Balaban J connectivity index is 2.17. The molecule has 0 bridgehead atoms. The fraction of sp³-hybridized carbons (Fsp3) is 0.0909. The molecule has 0 fully saturated rings. The molecule has 2 rings (SSSR count). The van der Waals surface area contributed by atoms with Crippen LogP contribution in [0.15, 0.2) is 42.7 Å². The summed E-state index contributed by atoms with van der Waals surface area (Å²) in [6.45, 7) is 0. The quantitative estimate of drug-likeness (QED) is 0.748. The molecule has 0 spiro atoms. The van der Waals surface area contributed by atoms with Gasteiger partial charge in [0.25, 0.3) is 5.91 Å². The molecule has 0 aliphatic carbocycles. The highest BCUT2D eigenvalue weighted by Crippen LogP contribution is 2.07. The van der Waals surface area contributed by atoms with Crippen LogP contribution in [0.2, 0.25) is 0 Å². The van der Waals surface area contributed by atoms with Gasteiger partial charge in [-0.1, -0.05) is 18.2 Å². The van der Waals surface area contributed by atoms with Gasteiger partial charge < -0.3 is 0 Å². The SMILES string of the molecule is O=C(Cc1ccccc1F)n1cccn1. The van der Waals surface area contributed by atoms with Gasteiger partial charge >= 0.3 is 0 Å². The van der Waals surface area contributed by atoms with Crippen LogP contribution in [-0.2, 0) is 6.42 Å². The third-order valence-corrected chi connectivity index (χ3v) is 2.06. The van der Waals surface area contributed by atoms with Crippen molar-refractivity contribution in [1.82, 2.24) is 9.78 Å². The zero-order chi connectivity index (χ0) is 10.7. The molecule has 2 aromatic rings. The molecule has 1 heterocycles. The van der Waals surface area contributed by atoms with E-state index in [2.05, 4.69) is 5.10 Å². The lowest BCUT2D eigenvalue weighted by molar-refractivity contribution is 0.0897. The summed E-state index contributed by atoms with van der Waals surface area (Å²) in [5, 5.41) is 3.79. The number of aromatic nitrogens is 2. The van der Waals surface area contributed by atoms with Crippen molar-refractivity contribution in [2.75, 3.05) is 0 Å². The predicted octanol–water partition coefficient (Wildman–Crippen LogP) is 1.91. The Labute approximate surface area is 86.2 Å². The van der Waals surface area contributed by atoms with Gasteiger partial charge in [0.15, 0.2) is 0 Å². The van der Waals surface area contributed by atoms with E-state index in [1.54, 1.807) is 30.5 Å². The lowest BCUT2D eigenvalue weighted by Gasteiger charge is -2.01. The Morgan fingerprint density at radius 1 is 1.33 bits per heavy atom. The van der Waals surface area contributed by atoms with E-state index in [1.165, 1.54) is 16.9 Å². The van der Waals surface area contributed by atoms with Gasteiger partial charge in [0, 0.05) is 12.4 Å². The number of halogens is 1. The summed E-state index contributed by atoms with van der Waals surface area (Å²) in [6, 6.07) is 7.88. The summed E-state index contributed by atoms with van der Waals surface area (Å²) in [6.07, 6.45) is 3.08. The van der Waals surface area contributed by atoms with Gasteiger partial charge in [-0.2, -0.15) is 5.10 Å². The third kappa shape index (κ3) is 2.10. The van der Waals surface area contributed by atoms with Crippen molar-refractivity contribution in [3.05, 3.63) is 54.1 Å². The highest BCUT2D eigenvalue weighted by molar-refractivity contribution is 5.80. The largest absolute Gasteiger partial charge is 0.272 e. The topological polar surface area (TPSA) is 34.9 Å². The number of hydrogen-bond acceptors (Lipinski definition) is 2. The molecule has 0 aliphatic rings. The third-order valence-electron chi connectivity index (χ3n) is 2.06. The fourth-order valence-electron chi connectivity index (χ4n) is 1.30. The van der Waals surface area contributed by atoms with E-state index in [0.29, 0.717) is 5.56 Å². The molecule has 15 heavy (non-hydrogen) atoms. The summed E-state index contributed by atoms with van der Waals surface area (Å²) >= 11 is 0. The minimum Gasteiger partial charge on any atom is -0.272 e. The van der Waals surface area contributed by atoms with Crippen LogP contribution in [0.4, 0.5) is 4.39 Å². The minimum absolute atomic E-state index is 0.0222. The summed E-state index contributed by atoms with van der Waals surface area (Å²) in [4.78, 5) is 11.6. The second kappa shape index (κ2) is 4.04. The van der Waals surface area contributed by atoms with Crippen LogP contribution in [0.25, 0.3) is 0 Å². The van der Waals surface area contributed by atoms with Crippen LogP contribution in [0.3, 0.4) is 0 Å². The van der Waals surface area contributed by atoms with E-state index < -0.39 is 0 Å². The zero-order valence-corrected chi connectivity index (χ0v) is 7.93. The van der Waals surface area contributed by atoms with Gasteiger partial charge in [-0.3, -0.25) is 4.79 Å². The smallest absolute Gasteiger partial charge is 0.251 e. The van der Waals surface area contributed by atoms with Gasteiger partial charge in [-0.15, -0.1) is 0 Å². The lowest BCUT2D eigenvalue weighted by Crippen LogP contribution is -2.14. The van der Waals surface area contributed by atoms with Crippen molar-refractivity contribution in [3.8, 4) is 0 Å². The van der Waals surface area contributed by atoms with Gasteiger partial charge in [0.2, 0.25) is 0 Å². The Morgan fingerprint density at radius 3 is 2.80 bits per heavy atom. The second-order valence-electron chi connectivity index (χ2n) is 3.11. The Bertz CT molecular complexity index is 465. The zero-order valence-electron chi connectivity index (χ0n) is 7.93. The van der Waals surface area contributed by atoms with E-state index in [1.807, 2.05) is 0 Å². The van der Waals surface area contributed by atoms with Crippen molar-refractivity contribution < 1.29 is 9.18 Å². The number of carbonyl (C=O) groups is 1. The van der Waals surface area contributed by atoms with Crippen LogP contribution in [0, 0.1) is 5.82 Å². The number of rotatable bonds is 2. The predicted molar refractivity (Wildman–Crippen MR) is 53.0 cm³/mol.